The minimum Gasteiger partial charge on any atom is -0.372 e. The minimum absolute atomic E-state index is 0.0375. The van der Waals surface area contributed by atoms with Gasteiger partial charge in [-0.3, -0.25) is 9.59 Å². The van der Waals surface area contributed by atoms with Gasteiger partial charge < -0.3 is 15.0 Å². The molecule has 1 aliphatic heterocycles. The number of hydrogen-bond donors (Lipinski definition) is 1. The lowest BCUT2D eigenvalue weighted by Crippen LogP contribution is -2.48. The van der Waals surface area contributed by atoms with Gasteiger partial charge in [-0.2, -0.15) is 0 Å². The fraction of sp³-hybridized carbons (Fsp3) is 0.579. The number of carbonyl (C=O) groups is 2. The molecule has 1 saturated heterocycles. The number of hydrogen-bond acceptors (Lipinski definition) is 3. The van der Waals surface area contributed by atoms with Crippen molar-refractivity contribution in [3.8, 4) is 0 Å². The van der Waals surface area contributed by atoms with E-state index in [1.807, 2.05) is 43.0 Å². The molecule has 132 valence electrons. The molecule has 1 aromatic rings. The van der Waals surface area contributed by atoms with Gasteiger partial charge >= 0.3 is 0 Å². The van der Waals surface area contributed by atoms with E-state index in [1.54, 1.807) is 0 Å². The second-order valence-electron chi connectivity index (χ2n) is 6.54. The highest BCUT2D eigenvalue weighted by Gasteiger charge is 2.26. The van der Waals surface area contributed by atoms with E-state index < -0.39 is 0 Å². The van der Waals surface area contributed by atoms with Gasteiger partial charge in [0.05, 0.1) is 12.2 Å². The second kappa shape index (κ2) is 8.83. The van der Waals surface area contributed by atoms with Gasteiger partial charge in [-0.1, -0.05) is 25.5 Å². The molecular formula is C19H28N2O3. The molecule has 1 N–H and O–H groups in total. The first-order valence-electron chi connectivity index (χ1n) is 8.80. The Morgan fingerprint density at radius 1 is 1.17 bits per heavy atom. The number of morpholine rings is 1. The Morgan fingerprint density at radius 3 is 2.38 bits per heavy atom. The summed E-state index contributed by atoms with van der Waals surface area (Å²) in [5, 5.41) is 2.91. The molecular weight excluding hydrogens is 304 g/mol. The standard InChI is InChI=1S/C19H28N2O3/c1-4-5-6-18(22)20-11-16-7-9-17(10-8-16)19(23)21-12-14(2)24-15(3)13-21/h7-10,14-15H,4-6,11-13H2,1-3H3,(H,20,22). The van der Waals surface area contributed by atoms with Crippen LogP contribution in [-0.4, -0.2) is 42.0 Å². The fourth-order valence-corrected chi connectivity index (χ4v) is 2.92. The summed E-state index contributed by atoms with van der Waals surface area (Å²) in [5.41, 5.74) is 1.68. The minimum atomic E-state index is 0.0375. The van der Waals surface area contributed by atoms with Crippen molar-refractivity contribution in [3.63, 3.8) is 0 Å². The van der Waals surface area contributed by atoms with Crippen molar-refractivity contribution in [2.24, 2.45) is 0 Å². The van der Waals surface area contributed by atoms with E-state index in [9.17, 15) is 9.59 Å². The fourth-order valence-electron chi connectivity index (χ4n) is 2.92. The second-order valence-corrected chi connectivity index (χ2v) is 6.54. The van der Waals surface area contributed by atoms with Gasteiger partial charge in [0, 0.05) is 31.6 Å². The summed E-state index contributed by atoms with van der Waals surface area (Å²) in [6.45, 7) is 7.79. The summed E-state index contributed by atoms with van der Waals surface area (Å²) in [6, 6.07) is 7.47. The Kier molecular flexibility index (Phi) is 6.79. The van der Waals surface area contributed by atoms with Crippen LogP contribution >= 0.6 is 0 Å². The number of nitrogens with zero attached hydrogens (tertiary/aromatic N) is 1. The van der Waals surface area contributed by atoms with Crippen molar-refractivity contribution in [2.45, 2.75) is 58.8 Å². The van der Waals surface area contributed by atoms with E-state index in [0.717, 1.165) is 18.4 Å². The number of ether oxygens (including phenoxy) is 1. The normalized spacial score (nSPS) is 20.7. The summed E-state index contributed by atoms with van der Waals surface area (Å²) in [7, 11) is 0. The summed E-state index contributed by atoms with van der Waals surface area (Å²) in [6.07, 6.45) is 2.63. The Bertz CT molecular complexity index is 546. The average molecular weight is 332 g/mol. The van der Waals surface area contributed by atoms with Gasteiger partial charge in [-0.05, 0) is 38.0 Å². The summed E-state index contributed by atoms with van der Waals surface area (Å²) < 4.78 is 5.67. The largest absolute Gasteiger partial charge is 0.372 e. The number of rotatable bonds is 6. The third-order valence-electron chi connectivity index (χ3n) is 4.15. The highest BCUT2D eigenvalue weighted by atomic mass is 16.5. The van der Waals surface area contributed by atoms with Gasteiger partial charge in [0.1, 0.15) is 0 Å². The number of amides is 2. The van der Waals surface area contributed by atoms with Crippen molar-refractivity contribution >= 4 is 11.8 Å². The van der Waals surface area contributed by atoms with Crippen molar-refractivity contribution in [3.05, 3.63) is 35.4 Å². The molecule has 24 heavy (non-hydrogen) atoms. The Morgan fingerprint density at radius 2 is 1.79 bits per heavy atom. The molecule has 1 aliphatic rings. The monoisotopic (exact) mass is 332 g/mol. The van der Waals surface area contributed by atoms with Gasteiger partial charge in [0.25, 0.3) is 5.91 Å². The van der Waals surface area contributed by atoms with Crippen molar-refractivity contribution in [2.75, 3.05) is 13.1 Å². The molecule has 2 unspecified atom stereocenters. The zero-order chi connectivity index (χ0) is 17.5. The molecule has 5 heteroatoms. The molecule has 5 nitrogen and oxygen atoms in total. The molecule has 2 atom stereocenters. The Hall–Kier alpha value is -1.88. The SMILES string of the molecule is CCCCC(=O)NCc1ccc(C(=O)N2CC(C)OC(C)C2)cc1. The summed E-state index contributed by atoms with van der Waals surface area (Å²) >= 11 is 0. The maximum absolute atomic E-state index is 12.6. The number of nitrogens with one attached hydrogen (secondary N) is 1. The van der Waals surface area contributed by atoms with Crippen LogP contribution < -0.4 is 5.32 Å². The van der Waals surface area contributed by atoms with E-state index in [4.69, 9.17) is 4.74 Å². The van der Waals surface area contributed by atoms with Crippen LogP contribution in [0.5, 0.6) is 0 Å². The predicted octanol–water partition coefficient (Wildman–Crippen LogP) is 2.74. The van der Waals surface area contributed by atoms with Crippen LogP contribution in [0.25, 0.3) is 0 Å². The van der Waals surface area contributed by atoms with E-state index in [0.29, 0.717) is 31.6 Å². The van der Waals surface area contributed by atoms with Crippen molar-refractivity contribution in [1.82, 2.24) is 10.2 Å². The lowest BCUT2D eigenvalue weighted by molar-refractivity contribution is -0.121. The van der Waals surface area contributed by atoms with Crippen LogP contribution in [0, 0.1) is 0 Å². The van der Waals surface area contributed by atoms with Crippen LogP contribution in [-0.2, 0) is 16.1 Å². The molecule has 0 spiro atoms. The maximum Gasteiger partial charge on any atom is 0.254 e. The van der Waals surface area contributed by atoms with Gasteiger partial charge in [-0.15, -0.1) is 0 Å². The number of benzene rings is 1. The zero-order valence-electron chi connectivity index (χ0n) is 14.9. The molecule has 1 heterocycles. The topological polar surface area (TPSA) is 58.6 Å². The van der Waals surface area contributed by atoms with E-state index >= 15 is 0 Å². The first-order valence-corrected chi connectivity index (χ1v) is 8.80. The Labute approximate surface area is 144 Å². The molecule has 0 aliphatic carbocycles. The Balaban J connectivity index is 1.89. The highest BCUT2D eigenvalue weighted by molar-refractivity contribution is 5.94. The van der Waals surface area contributed by atoms with Gasteiger partial charge in [0.2, 0.25) is 5.91 Å². The lowest BCUT2D eigenvalue weighted by Gasteiger charge is -2.35. The van der Waals surface area contributed by atoms with E-state index in [1.165, 1.54) is 0 Å². The maximum atomic E-state index is 12.6. The first-order chi connectivity index (χ1) is 11.5. The van der Waals surface area contributed by atoms with Crippen LogP contribution in [0.3, 0.4) is 0 Å². The van der Waals surface area contributed by atoms with Gasteiger partial charge in [-0.25, -0.2) is 0 Å². The van der Waals surface area contributed by atoms with E-state index in [-0.39, 0.29) is 24.0 Å². The van der Waals surface area contributed by atoms with Crippen LogP contribution in [0.2, 0.25) is 0 Å². The molecule has 0 saturated carbocycles. The number of carbonyl (C=O) groups excluding carboxylic acids is 2. The third kappa shape index (κ3) is 5.34. The lowest BCUT2D eigenvalue weighted by atomic mass is 10.1. The summed E-state index contributed by atoms with van der Waals surface area (Å²) in [4.78, 5) is 26.1. The number of unbranched alkanes of at least 4 members (excludes halogenated alkanes) is 1. The molecule has 0 bridgehead atoms. The molecule has 1 fully saturated rings. The van der Waals surface area contributed by atoms with Crippen molar-refractivity contribution < 1.29 is 14.3 Å². The van der Waals surface area contributed by atoms with Crippen LogP contribution in [0.15, 0.2) is 24.3 Å². The van der Waals surface area contributed by atoms with Gasteiger partial charge in [0.15, 0.2) is 0 Å². The quantitative estimate of drug-likeness (QED) is 0.871. The molecule has 2 rings (SSSR count). The smallest absolute Gasteiger partial charge is 0.254 e. The summed E-state index contributed by atoms with van der Waals surface area (Å²) in [5.74, 6) is 0.115. The van der Waals surface area contributed by atoms with Crippen molar-refractivity contribution in [1.29, 1.82) is 0 Å². The molecule has 1 aromatic carbocycles. The molecule has 2 amide bonds. The third-order valence-corrected chi connectivity index (χ3v) is 4.15. The first kappa shape index (κ1) is 18.5. The average Bonchev–Trinajstić information content (AvgIpc) is 2.57. The molecule has 0 radical (unpaired) electrons. The molecule has 0 aromatic heterocycles. The zero-order valence-corrected chi connectivity index (χ0v) is 14.9. The van der Waals surface area contributed by atoms with Crippen LogP contribution in [0.1, 0.15) is 56.0 Å². The van der Waals surface area contributed by atoms with Crippen LogP contribution in [0.4, 0.5) is 0 Å². The predicted molar refractivity (Wildman–Crippen MR) is 93.7 cm³/mol. The van der Waals surface area contributed by atoms with E-state index in [2.05, 4.69) is 12.2 Å². The highest BCUT2D eigenvalue weighted by Crippen LogP contribution is 2.15.